The first-order valence-electron chi connectivity index (χ1n) is 2.60. The van der Waals surface area contributed by atoms with Gasteiger partial charge in [0.1, 0.15) is 0 Å². The van der Waals surface area contributed by atoms with Crippen molar-refractivity contribution in [1.29, 1.82) is 0 Å². The normalized spacial score (nSPS) is 13.4. The molecule has 1 atom stereocenters. The fourth-order valence-electron chi connectivity index (χ4n) is 0.391. The summed E-state index contributed by atoms with van der Waals surface area (Å²) in [5, 5.41) is -0.000000000000000222. The predicted octanol–water partition coefficient (Wildman–Crippen LogP) is 3.11. The van der Waals surface area contributed by atoms with Crippen LogP contribution in [0, 0.1) is 6.58 Å². The number of hydrogen-bond acceptors (Lipinski definition) is 0. The largest absolute Gasteiger partial charge is 0.117 e. The minimum atomic E-state index is -0.000000000000000222. The maximum atomic E-state index is 5.71. The van der Waals surface area contributed by atoms with Crippen LogP contribution in [0.5, 0.6) is 0 Å². The second-order valence-electron chi connectivity index (χ2n) is 1.64. The van der Waals surface area contributed by atoms with Crippen molar-refractivity contribution >= 4 is 27.5 Å². The summed E-state index contributed by atoms with van der Waals surface area (Å²) in [6.45, 7) is 7.40. The molecule has 0 rings (SSSR count). The summed E-state index contributed by atoms with van der Waals surface area (Å²) in [4.78, 5) is 0. The maximum Gasteiger partial charge on any atom is 0.0650 e. The van der Waals surface area contributed by atoms with Crippen LogP contribution in [0.25, 0.3) is 0 Å². The molecule has 0 aromatic heterocycles. The van der Waals surface area contributed by atoms with Gasteiger partial charge >= 0.3 is 0 Å². The average molecular weight is 196 g/mol. The molecule has 8 heavy (non-hydrogen) atoms. The summed E-state index contributed by atoms with van der Waals surface area (Å²) < 4.78 is 0.640. The zero-order chi connectivity index (χ0) is 6.57. The Morgan fingerprint density at radius 2 is 2.38 bits per heavy atom. The van der Waals surface area contributed by atoms with E-state index in [9.17, 15) is 0 Å². The van der Waals surface area contributed by atoms with E-state index in [1.54, 1.807) is 0 Å². The smallest absolute Gasteiger partial charge is 0.0650 e. The highest BCUT2D eigenvalue weighted by molar-refractivity contribution is 9.11. The van der Waals surface area contributed by atoms with E-state index in [1.807, 2.05) is 0 Å². The first-order valence-corrected chi connectivity index (χ1v) is 3.83. The molecule has 1 unspecified atom stereocenters. The average Bonchev–Trinajstić information content (AvgIpc) is 1.67. The third-order valence-electron chi connectivity index (χ3n) is 0.841. The van der Waals surface area contributed by atoms with Crippen molar-refractivity contribution in [2.75, 3.05) is 0 Å². The van der Waals surface area contributed by atoms with Gasteiger partial charge in [-0.25, -0.2) is 0 Å². The van der Waals surface area contributed by atoms with Gasteiger partial charge in [0.15, 0.2) is 0 Å². The lowest BCUT2D eigenvalue weighted by molar-refractivity contribution is 0.817. The molecule has 1 radical (unpaired) electrons. The van der Waals surface area contributed by atoms with Crippen molar-refractivity contribution < 1.29 is 0 Å². The Labute approximate surface area is 64.0 Å². The number of halogens is 2. The highest BCUT2D eigenvalue weighted by Crippen LogP contribution is 2.18. The van der Waals surface area contributed by atoms with Gasteiger partial charge in [0.25, 0.3) is 0 Å². The molecule has 47 valence electrons. The van der Waals surface area contributed by atoms with Gasteiger partial charge in [-0.15, -0.1) is 11.6 Å². The summed E-state index contributed by atoms with van der Waals surface area (Å²) in [5.74, 6) is 0. The summed E-state index contributed by atoms with van der Waals surface area (Å²) in [7, 11) is 0. The lowest BCUT2D eigenvalue weighted by Gasteiger charge is -2.02. The lowest BCUT2D eigenvalue weighted by atomic mass is 10.2. The first kappa shape index (κ1) is 8.51. The van der Waals surface area contributed by atoms with Crippen molar-refractivity contribution in [3.05, 3.63) is 11.1 Å². The van der Waals surface area contributed by atoms with Crippen LogP contribution in [-0.4, -0.2) is 5.38 Å². The van der Waals surface area contributed by atoms with Gasteiger partial charge in [-0.3, -0.25) is 0 Å². The van der Waals surface area contributed by atoms with Crippen LogP contribution in [0.2, 0.25) is 0 Å². The molecule has 0 aliphatic heterocycles. The second kappa shape index (κ2) is 4.39. The molecular formula is C6H9BrCl. The molecule has 0 aliphatic carbocycles. The second-order valence-corrected chi connectivity index (χ2v) is 3.08. The van der Waals surface area contributed by atoms with E-state index in [-0.39, 0.29) is 5.38 Å². The van der Waals surface area contributed by atoms with Crippen LogP contribution in [0.4, 0.5) is 0 Å². The summed E-state index contributed by atoms with van der Waals surface area (Å²) in [6, 6.07) is 0. The molecular weight excluding hydrogens is 187 g/mol. The van der Waals surface area contributed by atoms with Gasteiger partial charge in [0, 0.05) is 4.48 Å². The van der Waals surface area contributed by atoms with E-state index in [4.69, 9.17) is 18.2 Å². The summed E-state index contributed by atoms with van der Waals surface area (Å²) in [6.07, 6.45) is 2.01. The van der Waals surface area contributed by atoms with Crippen molar-refractivity contribution in [2.24, 2.45) is 0 Å². The molecule has 0 aromatic rings. The molecule has 2 heteroatoms. The third-order valence-corrected chi connectivity index (χ3v) is 2.11. The molecule has 0 heterocycles. The SMILES string of the molecule is [CH]=C(Br)C(Cl)CCC. The van der Waals surface area contributed by atoms with Crippen LogP contribution in [0.1, 0.15) is 19.8 Å². The van der Waals surface area contributed by atoms with Crippen molar-refractivity contribution in [1.82, 2.24) is 0 Å². The Hall–Kier alpha value is 0.510. The quantitative estimate of drug-likeness (QED) is 0.609. The summed E-state index contributed by atoms with van der Waals surface area (Å²) in [5.41, 5.74) is 0. The number of allylic oxidation sites excluding steroid dienone is 1. The van der Waals surface area contributed by atoms with Crippen LogP contribution >= 0.6 is 27.5 Å². The number of rotatable bonds is 3. The predicted molar refractivity (Wildman–Crippen MR) is 41.3 cm³/mol. The lowest BCUT2D eigenvalue weighted by Crippen LogP contribution is -1.94. The molecule has 0 fully saturated rings. The van der Waals surface area contributed by atoms with Crippen LogP contribution in [0.3, 0.4) is 0 Å². The minimum Gasteiger partial charge on any atom is -0.117 e. The zero-order valence-corrected chi connectivity index (χ0v) is 7.17. The number of hydrogen-bond donors (Lipinski definition) is 0. The van der Waals surface area contributed by atoms with Gasteiger partial charge in [-0.2, -0.15) is 0 Å². The Kier molecular flexibility index (Phi) is 4.68. The standard InChI is InChI=1S/C6H9BrCl/c1-3-4-6(8)5(2)7/h2,6H,3-4H2,1H3. The molecule has 0 spiro atoms. The van der Waals surface area contributed by atoms with Gasteiger partial charge in [-0.05, 0) is 13.0 Å². The molecule has 0 aliphatic rings. The van der Waals surface area contributed by atoms with E-state index >= 15 is 0 Å². The molecule has 0 aromatic carbocycles. The van der Waals surface area contributed by atoms with Crippen molar-refractivity contribution in [2.45, 2.75) is 25.1 Å². The highest BCUT2D eigenvalue weighted by Gasteiger charge is 2.02. The Morgan fingerprint density at radius 3 is 2.50 bits per heavy atom. The topological polar surface area (TPSA) is 0 Å². The minimum absolute atomic E-state index is 0.000000000000000222. The van der Waals surface area contributed by atoms with Crippen molar-refractivity contribution in [3.8, 4) is 0 Å². The van der Waals surface area contributed by atoms with Gasteiger partial charge in [-0.1, -0.05) is 29.3 Å². The molecule has 0 amide bonds. The van der Waals surface area contributed by atoms with E-state index in [1.165, 1.54) is 0 Å². The van der Waals surface area contributed by atoms with E-state index in [2.05, 4.69) is 22.9 Å². The Morgan fingerprint density at radius 1 is 1.88 bits per heavy atom. The monoisotopic (exact) mass is 195 g/mol. The molecule has 0 bridgehead atoms. The van der Waals surface area contributed by atoms with E-state index < -0.39 is 0 Å². The highest BCUT2D eigenvalue weighted by atomic mass is 79.9. The molecule has 0 saturated heterocycles. The van der Waals surface area contributed by atoms with Crippen LogP contribution in [0.15, 0.2) is 4.48 Å². The summed E-state index contributed by atoms with van der Waals surface area (Å²) >= 11 is 8.81. The van der Waals surface area contributed by atoms with E-state index in [0.717, 1.165) is 12.8 Å². The maximum absolute atomic E-state index is 5.71. The Balaban J connectivity index is 3.32. The Bertz CT molecular complexity index is 80.6. The van der Waals surface area contributed by atoms with E-state index in [0.29, 0.717) is 4.48 Å². The van der Waals surface area contributed by atoms with Crippen LogP contribution < -0.4 is 0 Å². The fourth-order valence-corrected chi connectivity index (χ4v) is 0.838. The van der Waals surface area contributed by atoms with Gasteiger partial charge in [0.2, 0.25) is 0 Å². The first-order chi connectivity index (χ1) is 3.68. The fraction of sp³-hybridized carbons (Fsp3) is 0.667. The molecule has 0 nitrogen and oxygen atoms in total. The molecule has 0 saturated carbocycles. The third kappa shape index (κ3) is 3.50. The molecule has 0 N–H and O–H groups in total. The number of alkyl halides is 1. The zero-order valence-electron chi connectivity index (χ0n) is 4.82. The van der Waals surface area contributed by atoms with Gasteiger partial charge < -0.3 is 0 Å². The van der Waals surface area contributed by atoms with Gasteiger partial charge in [0.05, 0.1) is 5.38 Å². The van der Waals surface area contributed by atoms with Crippen LogP contribution in [-0.2, 0) is 0 Å². The van der Waals surface area contributed by atoms with Crippen molar-refractivity contribution in [3.63, 3.8) is 0 Å².